The molecule has 4 saturated carbocycles. The minimum Gasteiger partial charge on any atom is -0.308 e. The van der Waals surface area contributed by atoms with Gasteiger partial charge in [-0.1, -0.05) is 0 Å². The zero-order chi connectivity index (χ0) is 18.5. The van der Waals surface area contributed by atoms with Crippen molar-refractivity contribution < 1.29 is 4.79 Å². The molecule has 4 bridgehead atoms. The highest BCUT2D eigenvalue weighted by atomic mass is 16.2. The van der Waals surface area contributed by atoms with E-state index in [0.717, 1.165) is 37.9 Å². The first-order valence-electron chi connectivity index (χ1n) is 9.62. The van der Waals surface area contributed by atoms with Gasteiger partial charge in [-0.05, 0) is 62.5 Å². The van der Waals surface area contributed by atoms with Gasteiger partial charge < -0.3 is 10.6 Å². The Bertz CT molecular complexity index is 836. The van der Waals surface area contributed by atoms with Gasteiger partial charge in [0, 0.05) is 17.9 Å². The fraction of sp³-hybridized carbons (Fsp3) is 0.667. The quantitative estimate of drug-likeness (QED) is 0.811. The average molecular weight is 368 g/mol. The molecule has 6 rings (SSSR count). The molecule has 4 fully saturated rings. The summed E-state index contributed by atoms with van der Waals surface area (Å²) in [5.41, 5.74) is -0.0783. The fourth-order valence-electron chi connectivity index (χ4n) is 5.96. The standard InChI is InChI=1S/C18H24N8O/c1-12-23-25-26(24-12)18-7-13-4-14(8-18)6-17(5-13,11-18)21-10-16(27)22-15-9-19-2-3-20-15/h2-3,9,13-14,21H,4-8,10-11H2,1H3,(H,20,22,27). The van der Waals surface area contributed by atoms with Crippen LogP contribution >= 0.6 is 0 Å². The number of nitrogens with one attached hydrogen (secondary N) is 2. The number of amides is 1. The molecular formula is C18H24N8O. The van der Waals surface area contributed by atoms with E-state index in [1.807, 2.05) is 11.7 Å². The Labute approximate surface area is 157 Å². The molecule has 2 aromatic rings. The van der Waals surface area contributed by atoms with E-state index in [9.17, 15) is 4.79 Å². The topological polar surface area (TPSA) is 111 Å². The summed E-state index contributed by atoms with van der Waals surface area (Å²) in [6.45, 7) is 2.16. The molecule has 0 aromatic carbocycles. The van der Waals surface area contributed by atoms with Crippen LogP contribution in [0.4, 0.5) is 5.82 Å². The molecule has 2 unspecified atom stereocenters. The van der Waals surface area contributed by atoms with Gasteiger partial charge in [-0.3, -0.25) is 9.78 Å². The predicted molar refractivity (Wildman–Crippen MR) is 96.6 cm³/mol. The first kappa shape index (κ1) is 16.7. The van der Waals surface area contributed by atoms with E-state index >= 15 is 0 Å². The number of tetrazole rings is 1. The van der Waals surface area contributed by atoms with E-state index in [4.69, 9.17) is 0 Å². The highest BCUT2D eigenvalue weighted by Gasteiger charge is 2.59. The van der Waals surface area contributed by atoms with Gasteiger partial charge in [-0.2, -0.15) is 4.80 Å². The maximum atomic E-state index is 12.4. The normalized spacial score (nSPS) is 34.0. The van der Waals surface area contributed by atoms with Crippen molar-refractivity contribution in [2.75, 3.05) is 11.9 Å². The van der Waals surface area contributed by atoms with Crippen LogP contribution in [0.25, 0.3) is 0 Å². The first-order chi connectivity index (χ1) is 13.0. The van der Waals surface area contributed by atoms with E-state index in [0.29, 0.717) is 17.7 Å². The molecule has 9 nitrogen and oxygen atoms in total. The smallest absolute Gasteiger partial charge is 0.239 e. The van der Waals surface area contributed by atoms with Crippen molar-refractivity contribution in [2.45, 2.75) is 56.5 Å². The molecule has 0 saturated heterocycles. The molecular weight excluding hydrogens is 344 g/mol. The van der Waals surface area contributed by atoms with Gasteiger partial charge in [0.05, 0.1) is 18.3 Å². The van der Waals surface area contributed by atoms with Crippen LogP contribution in [0, 0.1) is 18.8 Å². The van der Waals surface area contributed by atoms with E-state index in [2.05, 4.69) is 36.0 Å². The summed E-state index contributed by atoms with van der Waals surface area (Å²) in [7, 11) is 0. The van der Waals surface area contributed by atoms with E-state index in [-0.39, 0.29) is 23.5 Å². The van der Waals surface area contributed by atoms with E-state index in [1.165, 1.54) is 6.42 Å². The van der Waals surface area contributed by atoms with Gasteiger partial charge in [0.2, 0.25) is 5.91 Å². The summed E-state index contributed by atoms with van der Waals surface area (Å²) in [6, 6.07) is 0. The Hall–Kier alpha value is -2.42. The van der Waals surface area contributed by atoms with Gasteiger partial charge in [0.25, 0.3) is 0 Å². The molecule has 0 aliphatic heterocycles. The number of anilines is 1. The number of carbonyl (C=O) groups excluding carboxylic acids is 1. The van der Waals surface area contributed by atoms with Gasteiger partial charge in [0.15, 0.2) is 11.6 Å². The lowest BCUT2D eigenvalue weighted by molar-refractivity contribution is -0.118. The molecule has 2 aromatic heterocycles. The molecule has 4 aliphatic rings. The lowest BCUT2D eigenvalue weighted by Crippen LogP contribution is -2.65. The summed E-state index contributed by atoms with van der Waals surface area (Å²) in [5.74, 6) is 2.43. The first-order valence-corrected chi connectivity index (χ1v) is 9.62. The molecule has 2 heterocycles. The van der Waals surface area contributed by atoms with Gasteiger partial charge in [-0.25, -0.2) is 4.98 Å². The zero-order valence-electron chi connectivity index (χ0n) is 15.4. The van der Waals surface area contributed by atoms with Gasteiger partial charge in [0.1, 0.15) is 0 Å². The molecule has 9 heteroatoms. The van der Waals surface area contributed by atoms with Crippen molar-refractivity contribution in [1.82, 2.24) is 35.5 Å². The fourth-order valence-corrected chi connectivity index (χ4v) is 5.96. The minimum atomic E-state index is -0.0879. The monoisotopic (exact) mass is 368 g/mol. The second-order valence-corrected chi connectivity index (χ2v) is 8.58. The molecule has 142 valence electrons. The summed E-state index contributed by atoms with van der Waals surface area (Å²) >= 11 is 0. The van der Waals surface area contributed by atoms with Crippen molar-refractivity contribution in [3.8, 4) is 0 Å². The van der Waals surface area contributed by atoms with Crippen molar-refractivity contribution in [3.63, 3.8) is 0 Å². The summed E-state index contributed by atoms with van der Waals surface area (Å²) in [6.07, 6.45) is 11.4. The van der Waals surface area contributed by atoms with Crippen molar-refractivity contribution in [3.05, 3.63) is 24.4 Å². The Morgan fingerprint density at radius 3 is 2.74 bits per heavy atom. The summed E-state index contributed by atoms with van der Waals surface area (Å²) in [4.78, 5) is 22.3. The predicted octanol–water partition coefficient (Wildman–Crippen LogP) is 1.05. The molecule has 0 radical (unpaired) electrons. The molecule has 1 amide bonds. The molecule has 2 N–H and O–H groups in total. The summed E-state index contributed by atoms with van der Waals surface area (Å²) < 4.78 is 0. The van der Waals surface area contributed by atoms with Crippen LogP contribution in [-0.2, 0) is 10.3 Å². The third-order valence-electron chi connectivity index (χ3n) is 6.42. The SMILES string of the molecule is Cc1nnn(C23CC4CC(CC(NCC(=O)Nc5cnccn5)(C4)C2)C3)n1. The van der Waals surface area contributed by atoms with Gasteiger partial charge >= 0.3 is 0 Å². The highest BCUT2D eigenvalue weighted by Crippen LogP contribution is 2.60. The van der Waals surface area contributed by atoms with E-state index < -0.39 is 0 Å². The lowest BCUT2D eigenvalue weighted by atomic mass is 9.50. The lowest BCUT2D eigenvalue weighted by Gasteiger charge is -2.61. The second kappa shape index (κ2) is 6.05. The van der Waals surface area contributed by atoms with Crippen LogP contribution in [0.5, 0.6) is 0 Å². The number of rotatable bonds is 5. The van der Waals surface area contributed by atoms with Crippen LogP contribution in [-0.4, -0.2) is 48.2 Å². The number of nitrogens with zero attached hydrogens (tertiary/aromatic N) is 6. The average Bonchev–Trinajstić information content (AvgIpc) is 3.07. The minimum absolute atomic E-state index is 0.0225. The van der Waals surface area contributed by atoms with Crippen molar-refractivity contribution >= 4 is 11.7 Å². The Balaban J connectivity index is 1.31. The number of hydrogen-bond acceptors (Lipinski definition) is 7. The Morgan fingerprint density at radius 1 is 1.26 bits per heavy atom. The largest absolute Gasteiger partial charge is 0.308 e. The van der Waals surface area contributed by atoms with Crippen LogP contribution in [0.15, 0.2) is 18.6 Å². The second-order valence-electron chi connectivity index (χ2n) is 8.58. The molecule has 4 aliphatic carbocycles. The molecule has 27 heavy (non-hydrogen) atoms. The summed E-state index contributed by atoms with van der Waals surface area (Å²) in [5, 5.41) is 19.4. The zero-order valence-corrected chi connectivity index (χ0v) is 15.4. The molecule has 2 atom stereocenters. The number of aromatic nitrogens is 6. The van der Waals surface area contributed by atoms with Crippen molar-refractivity contribution in [1.29, 1.82) is 0 Å². The molecule has 0 spiro atoms. The highest BCUT2D eigenvalue weighted by molar-refractivity contribution is 5.91. The maximum Gasteiger partial charge on any atom is 0.239 e. The Kier molecular flexibility index (Phi) is 3.75. The van der Waals surface area contributed by atoms with Crippen LogP contribution in [0.1, 0.15) is 44.3 Å². The number of hydrogen-bond donors (Lipinski definition) is 2. The Morgan fingerprint density at radius 2 is 2.07 bits per heavy atom. The van der Waals surface area contributed by atoms with Crippen molar-refractivity contribution in [2.24, 2.45) is 11.8 Å². The van der Waals surface area contributed by atoms with E-state index in [1.54, 1.807) is 18.6 Å². The third kappa shape index (κ3) is 2.99. The number of carbonyl (C=O) groups is 1. The third-order valence-corrected chi connectivity index (χ3v) is 6.42. The number of aryl methyl sites for hydroxylation is 1. The maximum absolute atomic E-state index is 12.4. The van der Waals surface area contributed by atoms with Crippen LogP contribution in [0.3, 0.4) is 0 Å². The van der Waals surface area contributed by atoms with Crippen LogP contribution in [0.2, 0.25) is 0 Å². The van der Waals surface area contributed by atoms with Crippen LogP contribution < -0.4 is 10.6 Å². The van der Waals surface area contributed by atoms with Gasteiger partial charge in [-0.15, -0.1) is 10.2 Å².